The molecule has 0 radical (unpaired) electrons. The van der Waals surface area contributed by atoms with Crippen LogP contribution >= 0.6 is 11.6 Å². The van der Waals surface area contributed by atoms with Crippen LogP contribution in [0.15, 0.2) is 72.9 Å². The molecule has 2 N–H and O–H groups in total. The fourth-order valence-corrected chi connectivity index (χ4v) is 2.49. The number of anilines is 3. The van der Waals surface area contributed by atoms with Crippen LogP contribution in [0.5, 0.6) is 0 Å². The maximum absolute atomic E-state index is 13.1. The molecule has 1 heterocycles. The van der Waals surface area contributed by atoms with Crippen LogP contribution in [-0.2, 0) is 0 Å². The van der Waals surface area contributed by atoms with Crippen LogP contribution in [0.2, 0.25) is 5.02 Å². The predicted octanol–water partition coefficient (Wildman–Crippen LogP) is 4.80. The number of pyridine rings is 1. The van der Waals surface area contributed by atoms with Crippen molar-refractivity contribution in [2.75, 3.05) is 10.2 Å². The van der Waals surface area contributed by atoms with E-state index < -0.39 is 6.09 Å². The average Bonchev–Trinajstić information content (AvgIpc) is 2.64. The maximum Gasteiger partial charge on any atom is 0.409 e. The summed E-state index contributed by atoms with van der Waals surface area (Å²) < 4.78 is 0. The molecule has 0 fully saturated rings. The molecule has 3 aromatic rings. The first kappa shape index (κ1) is 17.4. The van der Waals surface area contributed by atoms with Crippen molar-refractivity contribution in [3.63, 3.8) is 0 Å². The highest BCUT2D eigenvalue weighted by Crippen LogP contribution is 2.27. The summed E-state index contributed by atoms with van der Waals surface area (Å²) >= 11 is 5.90. The van der Waals surface area contributed by atoms with Crippen LogP contribution in [0.1, 0.15) is 10.4 Å². The molecular weight excluding hydrogens is 354 g/mol. The first-order chi connectivity index (χ1) is 12.5. The van der Waals surface area contributed by atoms with Gasteiger partial charge in [-0.15, -0.1) is 0 Å². The van der Waals surface area contributed by atoms with E-state index in [0.717, 1.165) is 0 Å². The van der Waals surface area contributed by atoms with E-state index in [1.807, 2.05) is 18.2 Å². The molecule has 6 nitrogen and oxygen atoms in total. The molecule has 2 amide bonds. The molecule has 26 heavy (non-hydrogen) atoms. The summed E-state index contributed by atoms with van der Waals surface area (Å²) in [6.07, 6.45) is 0.172. The van der Waals surface area contributed by atoms with Gasteiger partial charge in [0.1, 0.15) is 5.82 Å². The first-order valence-corrected chi connectivity index (χ1v) is 8.03. The van der Waals surface area contributed by atoms with E-state index >= 15 is 0 Å². The van der Waals surface area contributed by atoms with Gasteiger partial charge in [0.15, 0.2) is 0 Å². The molecule has 0 unspecified atom stereocenters. The Hall–Kier alpha value is -3.38. The Kier molecular flexibility index (Phi) is 5.15. The Bertz CT molecular complexity index is 913. The zero-order valence-electron chi connectivity index (χ0n) is 13.5. The van der Waals surface area contributed by atoms with Gasteiger partial charge in [0, 0.05) is 10.6 Å². The second-order valence-electron chi connectivity index (χ2n) is 5.32. The minimum Gasteiger partial charge on any atom is -0.465 e. The van der Waals surface area contributed by atoms with Crippen LogP contribution in [0, 0.1) is 0 Å². The summed E-state index contributed by atoms with van der Waals surface area (Å²) in [6.45, 7) is 0. The molecule has 0 atom stereocenters. The number of hydrogen-bond donors (Lipinski definition) is 2. The molecule has 0 aliphatic heterocycles. The Morgan fingerprint density at radius 3 is 2.23 bits per heavy atom. The maximum atomic E-state index is 13.1. The van der Waals surface area contributed by atoms with Crippen molar-refractivity contribution in [2.24, 2.45) is 0 Å². The van der Waals surface area contributed by atoms with Gasteiger partial charge in [-0.05, 0) is 48.5 Å². The second-order valence-corrected chi connectivity index (χ2v) is 5.75. The minimum absolute atomic E-state index is 0.278. The van der Waals surface area contributed by atoms with Crippen molar-refractivity contribution >= 4 is 40.8 Å². The number of para-hydroxylation sites is 1. The van der Waals surface area contributed by atoms with E-state index in [-0.39, 0.29) is 5.91 Å². The number of carbonyl (C=O) groups excluding carboxylic acids is 1. The predicted molar refractivity (Wildman–Crippen MR) is 100 cm³/mol. The van der Waals surface area contributed by atoms with Crippen molar-refractivity contribution in [3.05, 3.63) is 83.5 Å². The molecule has 2 aromatic carbocycles. The summed E-state index contributed by atoms with van der Waals surface area (Å²) in [7, 11) is 0. The number of hydrogen-bond acceptors (Lipinski definition) is 3. The largest absolute Gasteiger partial charge is 0.465 e. The number of nitrogens with zero attached hydrogens (tertiary/aromatic N) is 2. The van der Waals surface area contributed by atoms with Gasteiger partial charge in [0.05, 0.1) is 17.6 Å². The van der Waals surface area contributed by atoms with Crippen LogP contribution in [0.4, 0.5) is 22.0 Å². The van der Waals surface area contributed by atoms with E-state index in [1.165, 1.54) is 11.1 Å². The lowest BCUT2D eigenvalue weighted by atomic mass is 10.1. The van der Waals surface area contributed by atoms with Crippen LogP contribution < -0.4 is 10.2 Å². The number of benzene rings is 2. The van der Waals surface area contributed by atoms with Gasteiger partial charge in [-0.25, -0.2) is 9.78 Å². The van der Waals surface area contributed by atoms with Crippen molar-refractivity contribution < 1.29 is 14.7 Å². The fourth-order valence-electron chi connectivity index (χ4n) is 2.37. The van der Waals surface area contributed by atoms with Gasteiger partial charge in [0.2, 0.25) is 0 Å². The van der Waals surface area contributed by atoms with Crippen molar-refractivity contribution in [2.45, 2.75) is 0 Å². The van der Waals surface area contributed by atoms with Crippen molar-refractivity contribution in [1.82, 2.24) is 4.98 Å². The third-order valence-electron chi connectivity index (χ3n) is 3.54. The molecule has 0 saturated carbocycles. The number of amides is 2. The molecular formula is C19H14ClN3O3. The van der Waals surface area contributed by atoms with Crippen LogP contribution in [-0.4, -0.2) is 22.1 Å². The molecule has 0 saturated heterocycles. The number of rotatable bonds is 4. The lowest BCUT2D eigenvalue weighted by Crippen LogP contribution is -2.26. The van der Waals surface area contributed by atoms with Gasteiger partial charge in [-0.1, -0.05) is 29.8 Å². The third kappa shape index (κ3) is 3.99. The smallest absolute Gasteiger partial charge is 0.409 e. The van der Waals surface area contributed by atoms with Gasteiger partial charge in [-0.3, -0.25) is 15.0 Å². The first-order valence-electron chi connectivity index (χ1n) is 7.65. The summed E-state index contributed by atoms with van der Waals surface area (Å²) in [5.41, 5.74) is 1.40. The summed E-state index contributed by atoms with van der Waals surface area (Å²) in [6, 6.07) is 18.8. The zero-order valence-corrected chi connectivity index (χ0v) is 14.2. The van der Waals surface area contributed by atoms with Gasteiger partial charge in [0.25, 0.3) is 5.91 Å². The second kappa shape index (κ2) is 7.67. The summed E-state index contributed by atoms with van der Waals surface area (Å²) in [5.74, 6) is 0.0893. The summed E-state index contributed by atoms with van der Waals surface area (Å²) in [4.78, 5) is 29.4. The highest BCUT2D eigenvalue weighted by molar-refractivity contribution is 6.30. The quantitative estimate of drug-likeness (QED) is 0.693. The van der Waals surface area contributed by atoms with Crippen molar-refractivity contribution in [1.29, 1.82) is 0 Å². The van der Waals surface area contributed by atoms with E-state index in [4.69, 9.17) is 16.7 Å². The van der Waals surface area contributed by atoms with Gasteiger partial charge in [-0.2, -0.15) is 0 Å². The van der Waals surface area contributed by atoms with Gasteiger partial charge < -0.3 is 5.11 Å². The van der Waals surface area contributed by atoms with Crippen molar-refractivity contribution in [3.8, 4) is 0 Å². The molecule has 0 aliphatic carbocycles. The van der Waals surface area contributed by atoms with Crippen LogP contribution in [0.25, 0.3) is 0 Å². The number of carbonyl (C=O) groups is 2. The molecule has 130 valence electrons. The average molecular weight is 368 g/mol. The van der Waals surface area contributed by atoms with E-state index in [9.17, 15) is 9.59 Å². The SMILES string of the molecule is O=C(O)Nc1ccc(N(C(=O)c2ccc(Cl)cc2)c2ccccc2)nc1. The molecule has 0 aliphatic rings. The van der Waals surface area contributed by atoms with Crippen LogP contribution in [0.3, 0.4) is 0 Å². The third-order valence-corrected chi connectivity index (χ3v) is 3.79. The Morgan fingerprint density at radius 1 is 0.962 bits per heavy atom. The molecule has 3 rings (SSSR count). The number of nitrogens with one attached hydrogen (secondary N) is 1. The van der Waals surface area contributed by atoms with Gasteiger partial charge >= 0.3 is 6.09 Å². The zero-order chi connectivity index (χ0) is 18.5. The van der Waals surface area contributed by atoms with E-state index in [2.05, 4.69) is 10.3 Å². The Balaban J connectivity index is 2.00. The number of halogens is 1. The summed E-state index contributed by atoms with van der Waals surface area (Å²) in [5, 5.41) is 11.5. The highest BCUT2D eigenvalue weighted by atomic mass is 35.5. The molecule has 7 heteroatoms. The Morgan fingerprint density at radius 2 is 1.65 bits per heavy atom. The lowest BCUT2D eigenvalue weighted by molar-refractivity contribution is 0.0998. The molecule has 1 aromatic heterocycles. The molecule has 0 bridgehead atoms. The monoisotopic (exact) mass is 367 g/mol. The lowest BCUT2D eigenvalue weighted by Gasteiger charge is -2.22. The topological polar surface area (TPSA) is 82.5 Å². The Labute approximate surface area is 154 Å². The normalized spacial score (nSPS) is 10.2. The minimum atomic E-state index is -1.18. The van der Waals surface area contributed by atoms with E-state index in [0.29, 0.717) is 27.8 Å². The van der Waals surface area contributed by atoms with E-state index in [1.54, 1.807) is 48.5 Å². The molecule has 0 spiro atoms. The standard InChI is InChI=1S/C19H14ClN3O3/c20-14-8-6-13(7-9-14)18(24)23(16-4-2-1-3-5-16)17-11-10-15(12-21-17)22-19(25)26/h1-12,22H,(H,25,26). The number of carboxylic acid groups (broad SMARTS) is 1. The fraction of sp³-hybridized carbons (Fsp3) is 0. The highest BCUT2D eigenvalue weighted by Gasteiger charge is 2.21. The number of aromatic nitrogens is 1.